The molecule has 0 amide bonds. The summed E-state index contributed by atoms with van der Waals surface area (Å²) in [5.74, 6) is 0. The fourth-order valence-corrected chi connectivity index (χ4v) is 2.68. The van der Waals surface area contributed by atoms with E-state index < -0.39 is 0 Å². The lowest BCUT2D eigenvalue weighted by atomic mass is 10.0. The van der Waals surface area contributed by atoms with Crippen LogP contribution in [0, 0.1) is 6.92 Å². The summed E-state index contributed by atoms with van der Waals surface area (Å²) < 4.78 is 0. The van der Waals surface area contributed by atoms with Crippen LogP contribution in [0.3, 0.4) is 0 Å². The van der Waals surface area contributed by atoms with Gasteiger partial charge in [0, 0.05) is 5.02 Å². The molecule has 18 heavy (non-hydrogen) atoms. The maximum absolute atomic E-state index is 6.03. The third kappa shape index (κ3) is 3.03. The fraction of sp³-hybridized carbons (Fsp3) is 0.143. The standard InChI is InChI=1S/C14H10BrCl3/c1-8-6-9(2-4-11(8)16)14(15)10-3-5-12(17)13(18)7-10/h2-7,14H,1H3. The van der Waals surface area contributed by atoms with Crippen molar-refractivity contribution in [2.24, 2.45) is 0 Å². The average Bonchev–Trinajstić information content (AvgIpc) is 2.35. The van der Waals surface area contributed by atoms with E-state index in [-0.39, 0.29) is 4.83 Å². The van der Waals surface area contributed by atoms with Crippen LogP contribution in [0.5, 0.6) is 0 Å². The molecule has 1 unspecified atom stereocenters. The van der Waals surface area contributed by atoms with Crippen LogP contribution < -0.4 is 0 Å². The van der Waals surface area contributed by atoms with Crippen LogP contribution in [-0.4, -0.2) is 0 Å². The number of aryl methyl sites for hydroxylation is 1. The minimum absolute atomic E-state index is 0.0724. The molecule has 2 aromatic rings. The van der Waals surface area contributed by atoms with Gasteiger partial charge in [0.1, 0.15) is 0 Å². The molecule has 94 valence electrons. The first-order valence-corrected chi connectivity index (χ1v) is 7.39. The molecule has 0 heterocycles. The fourth-order valence-electron chi connectivity index (χ4n) is 1.69. The summed E-state index contributed by atoms with van der Waals surface area (Å²) in [6.07, 6.45) is 0. The van der Waals surface area contributed by atoms with Crippen LogP contribution in [0.2, 0.25) is 15.1 Å². The highest BCUT2D eigenvalue weighted by Gasteiger charge is 2.12. The molecule has 2 aromatic carbocycles. The summed E-state index contributed by atoms with van der Waals surface area (Å²) >= 11 is 21.6. The largest absolute Gasteiger partial charge is 0.0841 e. The first-order valence-electron chi connectivity index (χ1n) is 5.34. The number of halogens is 4. The van der Waals surface area contributed by atoms with Gasteiger partial charge in [-0.05, 0) is 41.8 Å². The lowest BCUT2D eigenvalue weighted by Crippen LogP contribution is -1.93. The zero-order valence-electron chi connectivity index (χ0n) is 9.55. The maximum Gasteiger partial charge on any atom is 0.0645 e. The van der Waals surface area contributed by atoms with Crippen molar-refractivity contribution in [3.8, 4) is 0 Å². The molecule has 0 nitrogen and oxygen atoms in total. The third-order valence-electron chi connectivity index (χ3n) is 2.71. The molecule has 2 rings (SSSR count). The van der Waals surface area contributed by atoms with Crippen molar-refractivity contribution in [3.63, 3.8) is 0 Å². The van der Waals surface area contributed by atoms with Crippen LogP contribution in [-0.2, 0) is 0 Å². The highest BCUT2D eigenvalue weighted by molar-refractivity contribution is 9.09. The molecule has 4 heteroatoms. The van der Waals surface area contributed by atoms with E-state index >= 15 is 0 Å². The second-order valence-electron chi connectivity index (χ2n) is 4.04. The predicted molar refractivity (Wildman–Crippen MR) is 83.4 cm³/mol. The Labute approximate surface area is 130 Å². The lowest BCUT2D eigenvalue weighted by Gasteiger charge is -2.13. The van der Waals surface area contributed by atoms with Crippen molar-refractivity contribution in [1.29, 1.82) is 0 Å². The highest BCUT2D eigenvalue weighted by atomic mass is 79.9. The summed E-state index contributed by atoms with van der Waals surface area (Å²) in [6, 6.07) is 11.6. The summed E-state index contributed by atoms with van der Waals surface area (Å²) in [7, 11) is 0. The van der Waals surface area contributed by atoms with E-state index in [4.69, 9.17) is 34.8 Å². The van der Waals surface area contributed by atoms with Crippen molar-refractivity contribution < 1.29 is 0 Å². The molecular weight excluding hydrogens is 354 g/mol. The van der Waals surface area contributed by atoms with Crippen LogP contribution in [0.4, 0.5) is 0 Å². The highest BCUT2D eigenvalue weighted by Crippen LogP contribution is 2.35. The number of hydrogen-bond donors (Lipinski definition) is 0. The SMILES string of the molecule is Cc1cc(C(Br)c2ccc(Cl)c(Cl)c2)ccc1Cl. The number of alkyl halides is 1. The van der Waals surface area contributed by atoms with Crippen molar-refractivity contribution in [2.45, 2.75) is 11.8 Å². The van der Waals surface area contributed by atoms with Gasteiger partial charge in [-0.3, -0.25) is 0 Å². The number of hydrogen-bond acceptors (Lipinski definition) is 0. The molecule has 0 fully saturated rings. The van der Waals surface area contributed by atoms with Crippen molar-refractivity contribution in [3.05, 3.63) is 68.2 Å². The van der Waals surface area contributed by atoms with Crippen molar-refractivity contribution >= 4 is 50.7 Å². The molecule has 0 radical (unpaired) electrons. The first kappa shape index (κ1) is 14.2. The van der Waals surface area contributed by atoms with Gasteiger partial charge in [0.15, 0.2) is 0 Å². The van der Waals surface area contributed by atoms with Crippen LogP contribution in [0.1, 0.15) is 21.5 Å². The molecule has 0 N–H and O–H groups in total. The van der Waals surface area contributed by atoms with Crippen molar-refractivity contribution in [2.75, 3.05) is 0 Å². The maximum atomic E-state index is 6.03. The van der Waals surface area contributed by atoms with Gasteiger partial charge in [0.05, 0.1) is 14.9 Å². The molecule has 0 aromatic heterocycles. The molecule has 0 spiro atoms. The van der Waals surface area contributed by atoms with Crippen LogP contribution >= 0.6 is 50.7 Å². The Hall–Kier alpha value is -0.210. The smallest absolute Gasteiger partial charge is 0.0645 e. The Balaban J connectivity index is 2.37. The normalized spacial score (nSPS) is 12.5. The Morgan fingerprint density at radius 1 is 0.833 bits per heavy atom. The van der Waals surface area contributed by atoms with E-state index in [2.05, 4.69) is 22.0 Å². The number of benzene rings is 2. The summed E-state index contributed by atoms with van der Waals surface area (Å²) in [5, 5.41) is 1.89. The van der Waals surface area contributed by atoms with Gasteiger partial charge < -0.3 is 0 Å². The van der Waals surface area contributed by atoms with Crippen LogP contribution in [0.25, 0.3) is 0 Å². The zero-order chi connectivity index (χ0) is 13.3. The van der Waals surface area contributed by atoms with E-state index in [0.717, 1.165) is 21.7 Å². The second kappa shape index (κ2) is 5.83. The molecule has 0 aliphatic rings. The first-order chi connectivity index (χ1) is 8.49. The minimum Gasteiger partial charge on any atom is -0.0841 e. The van der Waals surface area contributed by atoms with Gasteiger partial charge in [-0.2, -0.15) is 0 Å². The van der Waals surface area contributed by atoms with E-state index in [1.807, 2.05) is 31.2 Å². The van der Waals surface area contributed by atoms with Crippen LogP contribution in [0.15, 0.2) is 36.4 Å². The molecule has 1 atom stereocenters. The van der Waals surface area contributed by atoms with Gasteiger partial charge in [-0.15, -0.1) is 0 Å². The minimum atomic E-state index is 0.0724. The molecule has 0 bridgehead atoms. The van der Waals surface area contributed by atoms with Gasteiger partial charge in [0.2, 0.25) is 0 Å². The summed E-state index contributed by atoms with van der Waals surface area (Å²) in [5.41, 5.74) is 3.25. The Morgan fingerprint density at radius 2 is 1.39 bits per heavy atom. The average molecular weight is 364 g/mol. The molecule has 0 aliphatic heterocycles. The molecular formula is C14H10BrCl3. The topological polar surface area (TPSA) is 0 Å². The van der Waals surface area contributed by atoms with E-state index in [9.17, 15) is 0 Å². The summed E-state index contributed by atoms with van der Waals surface area (Å²) in [4.78, 5) is 0.0724. The zero-order valence-corrected chi connectivity index (χ0v) is 13.4. The summed E-state index contributed by atoms with van der Waals surface area (Å²) in [6.45, 7) is 1.99. The number of rotatable bonds is 2. The van der Waals surface area contributed by atoms with Gasteiger partial charge in [-0.25, -0.2) is 0 Å². The second-order valence-corrected chi connectivity index (χ2v) is 6.18. The molecule has 0 saturated heterocycles. The van der Waals surface area contributed by atoms with Gasteiger partial charge >= 0.3 is 0 Å². The monoisotopic (exact) mass is 362 g/mol. The Morgan fingerprint density at radius 3 is 1.94 bits per heavy atom. The van der Waals surface area contributed by atoms with E-state index in [1.165, 1.54) is 0 Å². The van der Waals surface area contributed by atoms with Gasteiger partial charge in [0.25, 0.3) is 0 Å². The quantitative estimate of drug-likeness (QED) is 0.538. The van der Waals surface area contributed by atoms with E-state index in [0.29, 0.717) is 10.0 Å². The van der Waals surface area contributed by atoms with Gasteiger partial charge in [-0.1, -0.05) is 68.9 Å². The molecule has 0 saturated carbocycles. The lowest BCUT2D eigenvalue weighted by molar-refractivity contribution is 1.17. The predicted octanol–water partition coefficient (Wildman–Crippen LogP) is 6.44. The Kier molecular flexibility index (Phi) is 4.60. The third-order valence-corrected chi connectivity index (χ3v) is 4.93. The van der Waals surface area contributed by atoms with E-state index in [1.54, 1.807) is 6.07 Å². The Bertz CT molecular complexity index is 530. The van der Waals surface area contributed by atoms with Crippen molar-refractivity contribution in [1.82, 2.24) is 0 Å². The molecule has 0 aliphatic carbocycles.